The smallest absolute Gasteiger partial charge is 0.341 e. The quantitative estimate of drug-likeness (QED) is 0.521. The summed E-state index contributed by atoms with van der Waals surface area (Å²) in [4.78, 5) is 10.9. The molecule has 0 amide bonds. The molecule has 0 aromatic heterocycles. The third-order valence-corrected chi connectivity index (χ3v) is 1.67. The van der Waals surface area contributed by atoms with Crippen molar-refractivity contribution in [2.45, 2.75) is 0 Å². The molecule has 0 aliphatic heterocycles. The topological polar surface area (TPSA) is 26.3 Å². The maximum atomic E-state index is 13.0. The van der Waals surface area contributed by atoms with Gasteiger partial charge < -0.3 is 4.74 Å². The van der Waals surface area contributed by atoms with E-state index in [0.717, 1.165) is 19.2 Å². The molecule has 0 saturated carbocycles. The number of halogens is 3. The maximum Gasteiger partial charge on any atom is 0.341 e. The molecule has 13 heavy (non-hydrogen) atoms. The minimum Gasteiger partial charge on any atom is -0.465 e. The zero-order valence-corrected chi connectivity index (χ0v) is 7.36. The summed E-state index contributed by atoms with van der Waals surface area (Å²) in [5.41, 5.74) is -0.507. The lowest BCUT2D eigenvalue weighted by molar-refractivity contribution is 0.0595. The van der Waals surface area contributed by atoms with Gasteiger partial charge >= 0.3 is 5.97 Å². The highest BCUT2D eigenvalue weighted by atomic mass is 35.5. The third kappa shape index (κ3) is 1.95. The van der Waals surface area contributed by atoms with Crippen molar-refractivity contribution in [2.24, 2.45) is 0 Å². The summed E-state index contributed by atoms with van der Waals surface area (Å²) in [5.74, 6) is -2.72. The Morgan fingerprint density at radius 3 is 2.62 bits per heavy atom. The van der Waals surface area contributed by atoms with Gasteiger partial charge in [-0.2, -0.15) is 0 Å². The molecule has 2 nitrogen and oxygen atoms in total. The molecule has 0 heterocycles. The Morgan fingerprint density at radius 2 is 2.08 bits per heavy atom. The molecule has 0 aliphatic rings. The summed E-state index contributed by atoms with van der Waals surface area (Å²) in [6, 6.07) is 1.51. The van der Waals surface area contributed by atoms with E-state index in [9.17, 15) is 13.6 Å². The largest absolute Gasteiger partial charge is 0.465 e. The van der Waals surface area contributed by atoms with E-state index in [1.165, 1.54) is 0 Å². The minimum absolute atomic E-state index is 0.444. The van der Waals surface area contributed by atoms with E-state index in [0.29, 0.717) is 0 Å². The molecule has 0 saturated heterocycles. The first-order valence-electron chi connectivity index (χ1n) is 3.29. The molecule has 0 radical (unpaired) electrons. The van der Waals surface area contributed by atoms with E-state index < -0.39 is 28.2 Å². The van der Waals surface area contributed by atoms with Gasteiger partial charge in [0.2, 0.25) is 0 Å². The molecule has 0 unspecified atom stereocenters. The van der Waals surface area contributed by atoms with Gasteiger partial charge in [-0.25, -0.2) is 13.6 Å². The second kappa shape index (κ2) is 3.70. The number of ether oxygens (including phenoxy) is 1. The third-order valence-electron chi connectivity index (χ3n) is 1.40. The minimum atomic E-state index is -0.977. The van der Waals surface area contributed by atoms with Gasteiger partial charge in [-0.05, 0) is 12.1 Å². The van der Waals surface area contributed by atoms with Crippen LogP contribution >= 0.6 is 11.6 Å². The summed E-state index contributed by atoms with van der Waals surface area (Å²) in [5, 5.41) is -0.444. The number of hydrogen-bond acceptors (Lipinski definition) is 2. The van der Waals surface area contributed by atoms with Gasteiger partial charge in [-0.3, -0.25) is 0 Å². The maximum absolute atomic E-state index is 13.0. The number of hydrogen-bond donors (Lipinski definition) is 0. The van der Waals surface area contributed by atoms with Crippen molar-refractivity contribution in [2.75, 3.05) is 7.11 Å². The van der Waals surface area contributed by atoms with Gasteiger partial charge in [-0.1, -0.05) is 11.6 Å². The van der Waals surface area contributed by atoms with Gasteiger partial charge in [0.15, 0.2) is 5.82 Å². The van der Waals surface area contributed by atoms with Crippen LogP contribution < -0.4 is 0 Å². The Labute approximate surface area is 78.1 Å². The van der Waals surface area contributed by atoms with Crippen LogP contribution in [0.4, 0.5) is 8.78 Å². The second-order valence-corrected chi connectivity index (χ2v) is 2.65. The Morgan fingerprint density at radius 1 is 1.46 bits per heavy atom. The molecule has 5 heteroatoms. The van der Waals surface area contributed by atoms with Gasteiger partial charge in [0, 0.05) is 0 Å². The summed E-state index contributed by atoms with van der Waals surface area (Å²) in [7, 11) is 1.07. The van der Waals surface area contributed by atoms with Crippen molar-refractivity contribution < 1.29 is 18.3 Å². The lowest BCUT2D eigenvalue weighted by atomic mass is 10.2. The SMILES string of the molecule is COC(=O)c1cc(F)cc(Cl)c1F. The molecule has 70 valence electrons. The molecule has 0 spiro atoms. The summed E-state index contributed by atoms with van der Waals surface area (Å²) < 4.78 is 29.9. The fraction of sp³-hybridized carbons (Fsp3) is 0.125. The number of esters is 1. The van der Waals surface area contributed by atoms with Crippen molar-refractivity contribution in [3.05, 3.63) is 34.4 Å². The molecule has 0 aliphatic carbocycles. The highest BCUT2D eigenvalue weighted by Gasteiger charge is 2.16. The van der Waals surface area contributed by atoms with Crippen molar-refractivity contribution >= 4 is 17.6 Å². The summed E-state index contributed by atoms with van der Waals surface area (Å²) in [6.45, 7) is 0. The van der Waals surface area contributed by atoms with Gasteiger partial charge in [0.25, 0.3) is 0 Å². The van der Waals surface area contributed by atoms with Crippen LogP contribution in [0, 0.1) is 11.6 Å². The van der Waals surface area contributed by atoms with E-state index in [-0.39, 0.29) is 0 Å². The first kappa shape index (κ1) is 9.92. The fourth-order valence-electron chi connectivity index (χ4n) is 0.814. The first-order valence-corrected chi connectivity index (χ1v) is 3.67. The van der Waals surface area contributed by atoms with Crippen LogP contribution in [0.15, 0.2) is 12.1 Å². The van der Waals surface area contributed by atoms with Crippen LogP contribution in [0.1, 0.15) is 10.4 Å². The molecule has 0 atom stereocenters. The lowest BCUT2D eigenvalue weighted by Gasteiger charge is -2.02. The van der Waals surface area contributed by atoms with Crippen molar-refractivity contribution in [1.82, 2.24) is 0 Å². The number of methoxy groups -OCH3 is 1. The van der Waals surface area contributed by atoms with Crippen LogP contribution in [0.25, 0.3) is 0 Å². The molecule has 1 aromatic carbocycles. The second-order valence-electron chi connectivity index (χ2n) is 2.24. The van der Waals surface area contributed by atoms with E-state index in [1.54, 1.807) is 0 Å². The zero-order chi connectivity index (χ0) is 10.0. The normalized spacial score (nSPS) is 9.85. The van der Waals surface area contributed by atoms with Gasteiger partial charge in [0.05, 0.1) is 17.7 Å². The Balaban J connectivity index is 3.28. The van der Waals surface area contributed by atoms with E-state index in [1.807, 2.05) is 0 Å². The fourth-order valence-corrected chi connectivity index (χ4v) is 1.02. The highest BCUT2D eigenvalue weighted by Crippen LogP contribution is 2.20. The van der Waals surface area contributed by atoms with Crippen molar-refractivity contribution in [3.8, 4) is 0 Å². The Bertz CT molecular complexity index is 352. The first-order chi connectivity index (χ1) is 6.06. The number of rotatable bonds is 1. The molecule has 0 bridgehead atoms. The summed E-state index contributed by atoms with van der Waals surface area (Å²) in [6.07, 6.45) is 0. The molecule has 0 fully saturated rings. The van der Waals surface area contributed by atoms with E-state index in [2.05, 4.69) is 4.74 Å². The van der Waals surface area contributed by atoms with Crippen LogP contribution in [-0.2, 0) is 4.74 Å². The van der Waals surface area contributed by atoms with Crippen molar-refractivity contribution in [1.29, 1.82) is 0 Å². The average Bonchev–Trinajstić information content (AvgIpc) is 2.10. The van der Waals surface area contributed by atoms with Crippen LogP contribution in [-0.4, -0.2) is 13.1 Å². The molecular formula is C8H5ClF2O2. The van der Waals surface area contributed by atoms with Crippen LogP contribution in [0.2, 0.25) is 5.02 Å². The monoisotopic (exact) mass is 206 g/mol. The van der Waals surface area contributed by atoms with Crippen LogP contribution in [0.5, 0.6) is 0 Å². The standard InChI is InChI=1S/C8H5ClF2O2/c1-13-8(12)5-2-4(10)3-6(9)7(5)11/h2-3H,1H3. The van der Waals surface area contributed by atoms with Gasteiger partial charge in [-0.15, -0.1) is 0 Å². The Hall–Kier alpha value is -1.16. The number of carbonyl (C=O) groups excluding carboxylic acids is 1. The highest BCUT2D eigenvalue weighted by molar-refractivity contribution is 6.31. The van der Waals surface area contributed by atoms with E-state index in [4.69, 9.17) is 11.6 Å². The number of carbonyl (C=O) groups is 1. The zero-order valence-electron chi connectivity index (χ0n) is 6.61. The van der Waals surface area contributed by atoms with Gasteiger partial charge in [0.1, 0.15) is 5.82 Å². The molecular weight excluding hydrogens is 202 g/mol. The summed E-state index contributed by atoms with van der Waals surface area (Å²) >= 11 is 5.30. The predicted octanol–water partition coefficient (Wildman–Crippen LogP) is 2.40. The predicted molar refractivity (Wildman–Crippen MR) is 42.7 cm³/mol. The van der Waals surface area contributed by atoms with Crippen LogP contribution in [0.3, 0.4) is 0 Å². The lowest BCUT2D eigenvalue weighted by Crippen LogP contribution is -2.05. The van der Waals surface area contributed by atoms with Crippen molar-refractivity contribution in [3.63, 3.8) is 0 Å². The molecule has 0 N–H and O–H groups in total. The molecule has 1 aromatic rings. The Kier molecular flexibility index (Phi) is 2.83. The van der Waals surface area contributed by atoms with E-state index >= 15 is 0 Å². The average molecular weight is 207 g/mol. The molecule has 1 rings (SSSR count). The number of benzene rings is 1.